The molecule has 1 unspecified atom stereocenters. The quantitative estimate of drug-likeness (QED) is 0.641. The fourth-order valence-electron chi connectivity index (χ4n) is 3.19. The number of nitrogens with zero attached hydrogens (tertiary/aromatic N) is 1. The maximum absolute atomic E-state index is 5.76. The van der Waals surface area contributed by atoms with E-state index in [1.807, 2.05) is 6.07 Å². The van der Waals surface area contributed by atoms with Crippen molar-refractivity contribution in [1.29, 1.82) is 0 Å². The Hall–Kier alpha value is -1.74. The smallest absolute Gasteiger partial charge is 0.122 e. The molecule has 3 heteroatoms. The lowest BCUT2D eigenvalue weighted by atomic mass is 9.93. The second kappa shape index (κ2) is 5.23. The van der Waals surface area contributed by atoms with Crippen molar-refractivity contribution in [1.82, 2.24) is 4.57 Å². The van der Waals surface area contributed by atoms with Gasteiger partial charge in [-0.1, -0.05) is 40.2 Å². The normalized spacial score (nSPS) is 17.5. The zero-order chi connectivity index (χ0) is 14.2. The van der Waals surface area contributed by atoms with Crippen LogP contribution < -0.4 is 4.74 Å². The summed E-state index contributed by atoms with van der Waals surface area (Å²) in [5, 5.41) is 1.28. The van der Waals surface area contributed by atoms with Gasteiger partial charge in [-0.25, -0.2) is 0 Å². The summed E-state index contributed by atoms with van der Waals surface area (Å²) in [5.41, 5.74) is 2.62. The van der Waals surface area contributed by atoms with Crippen LogP contribution in [0.15, 0.2) is 59.2 Å². The van der Waals surface area contributed by atoms with E-state index in [0.717, 1.165) is 29.8 Å². The Bertz CT molecular complexity index is 793. The molecule has 2 heterocycles. The van der Waals surface area contributed by atoms with Gasteiger partial charge in [-0.15, -0.1) is 0 Å². The first-order valence-corrected chi connectivity index (χ1v) is 8.07. The predicted octanol–water partition coefficient (Wildman–Crippen LogP) is 4.97. The van der Waals surface area contributed by atoms with E-state index in [4.69, 9.17) is 4.74 Å². The van der Waals surface area contributed by atoms with E-state index >= 15 is 0 Å². The van der Waals surface area contributed by atoms with Crippen LogP contribution >= 0.6 is 15.9 Å². The Morgan fingerprint density at radius 1 is 1.10 bits per heavy atom. The third-order valence-electron chi connectivity index (χ3n) is 4.26. The van der Waals surface area contributed by atoms with Gasteiger partial charge >= 0.3 is 0 Å². The van der Waals surface area contributed by atoms with Crippen molar-refractivity contribution in [3.05, 3.63) is 64.8 Å². The molecule has 2 aromatic carbocycles. The number of hydrogen-bond acceptors (Lipinski definition) is 1. The molecule has 1 aliphatic heterocycles. The summed E-state index contributed by atoms with van der Waals surface area (Å²) in [6.07, 6.45) is 3.26. The third kappa shape index (κ3) is 2.26. The molecule has 0 amide bonds. The molecule has 0 N–H and O–H groups in total. The molecule has 106 valence electrons. The minimum atomic E-state index is 0.518. The van der Waals surface area contributed by atoms with E-state index in [1.165, 1.54) is 16.5 Å². The number of hydrogen-bond donors (Lipinski definition) is 0. The lowest BCUT2D eigenvalue weighted by Gasteiger charge is -2.26. The Kier molecular flexibility index (Phi) is 3.23. The second-order valence-corrected chi connectivity index (χ2v) is 6.37. The van der Waals surface area contributed by atoms with Gasteiger partial charge in [-0.3, -0.25) is 0 Å². The third-order valence-corrected chi connectivity index (χ3v) is 4.95. The van der Waals surface area contributed by atoms with Crippen LogP contribution in [0.4, 0.5) is 0 Å². The van der Waals surface area contributed by atoms with E-state index in [0.29, 0.717) is 5.92 Å². The highest BCUT2D eigenvalue weighted by molar-refractivity contribution is 9.10. The molecule has 1 aliphatic rings. The molecule has 21 heavy (non-hydrogen) atoms. The average Bonchev–Trinajstić information content (AvgIpc) is 2.92. The van der Waals surface area contributed by atoms with Gasteiger partial charge in [0.1, 0.15) is 5.75 Å². The van der Waals surface area contributed by atoms with Gasteiger partial charge < -0.3 is 9.30 Å². The summed E-state index contributed by atoms with van der Waals surface area (Å²) in [6, 6.07) is 17.0. The average molecular weight is 342 g/mol. The highest BCUT2D eigenvalue weighted by Crippen LogP contribution is 2.35. The molecule has 0 radical (unpaired) electrons. The van der Waals surface area contributed by atoms with Gasteiger partial charge in [-0.05, 0) is 36.2 Å². The van der Waals surface area contributed by atoms with Crippen LogP contribution in [0.3, 0.4) is 0 Å². The number of para-hydroxylation sites is 1. The predicted molar refractivity (Wildman–Crippen MR) is 88.9 cm³/mol. The first-order chi connectivity index (χ1) is 10.3. The Balaban J connectivity index is 1.71. The van der Waals surface area contributed by atoms with Gasteiger partial charge in [-0.2, -0.15) is 0 Å². The minimum absolute atomic E-state index is 0.518. The molecule has 4 rings (SSSR count). The summed E-state index contributed by atoms with van der Waals surface area (Å²) in [4.78, 5) is 0. The lowest BCUT2D eigenvalue weighted by molar-refractivity contribution is 0.259. The molecule has 1 atom stereocenters. The van der Waals surface area contributed by atoms with Crippen LogP contribution in [-0.4, -0.2) is 11.2 Å². The molecule has 2 nitrogen and oxygen atoms in total. The van der Waals surface area contributed by atoms with Crippen LogP contribution in [-0.2, 0) is 6.54 Å². The second-order valence-electron chi connectivity index (χ2n) is 5.51. The highest BCUT2D eigenvalue weighted by Gasteiger charge is 2.21. The summed E-state index contributed by atoms with van der Waals surface area (Å²) in [7, 11) is 0. The summed E-state index contributed by atoms with van der Waals surface area (Å²) in [5.74, 6) is 1.57. The van der Waals surface area contributed by atoms with E-state index < -0.39 is 0 Å². The zero-order valence-corrected chi connectivity index (χ0v) is 13.2. The fourth-order valence-corrected chi connectivity index (χ4v) is 3.68. The molecule has 3 aromatic rings. The largest absolute Gasteiger partial charge is 0.493 e. The highest BCUT2D eigenvalue weighted by atomic mass is 79.9. The molecule has 0 fully saturated rings. The van der Waals surface area contributed by atoms with Crippen molar-refractivity contribution in [2.24, 2.45) is 0 Å². The SMILES string of the molecule is Brc1cccc2c1ccn2CC1CCOc2ccccc21. The Labute approximate surface area is 132 Å². The number of aromatic nitrogens is 1. The van der Waals surface area contributed by atoms with Crippen molar-refractivity contribution < 1.29 is 4.74 Å². The van der Waals surface area contributed by atoms with Gasteiger partial charge in [0.2, 0.25) is 0 Å². The van der Waals surface area contributed by atoms with Crippen LogP contribution in [0.2, 0.25) is 0 Å². The summed E-state index contributed by atoms with van der Waals surface area (Å²) < 4.78 is 9.28. The monoisotopic (exact) mass is 341 g/mol. The fraction of sp³-hybridized carbons (Fsp3) is 0.222. The molecule has 0 bridgehead atoms. The molecular formula is C18H16BrNO. The Morgan fingerprint density at radius 2 is 2.00 bits per heavy atom. The van der Waals surface area contributed by atoms with Crippen LogP contribution in [0.5, 0.6) is 5.75 Å². The zero-order valence-electron chi connectivity index (χ0n) is 11.6. The molecule has 0 aliphatic carbocycles. The van der Waals surface area contributed by atoms with E-state index in [2.05, 4.69) is 69.2 Å². The van der Waals surface area contributed by atoms with Crippen LogP contribution in [0.1, 0.15) is 17.9 Å². The first-order valence-electron chi connectivity index (χ1n) is 7.28. The molecule has 1 aromatic heterocycles. The molecular weight excluding hydrogens is 326 g/mol. The standard InChI is InChI=1S/C18H16BrNO/c19-16-5-3-6-17-15(16)8-10-20(17)12-13-9-11-21-18-7-2-1-4-14(13)18/h1-8,10,13H,9,11-12H2. The maximum atomic E-state index is 5.76. The molecule has 0 spiro atoms. The van der Waals surface area contributed by atoms with Gasteiger partial charge in [0.25, 0.3) is 0 Å². The number of benzene rings is 2. The topological polar surface area (TPSA) is 14.2 Å². The Morgan fingerprint density at radius 3 is 2.95 bits per heavy atom. The van der Waals surface area contributed by atoms with E-state index in [9.17, 15) is 0 Å². The van der Waals surface area contributed by atoms with Crippen molar-refractivity contribution in [2.75, 3.05) is 6.61 Å². The number of fused-ring (bicyclic) bond motifs is 2. The van der Waals surface area contributed by atoms with Gasteiger partial charge in [0.05, 0.1) is 6.61 Å². The molecule has 0 saturated heterocycles. The van der Waals surface area contributed by atoms with Gasteiger partial charge in [0, 0.05) is 34.0 Å². The van der Waals surface area contributed by atoms with E-state index in [1.54, 1.807) is 0 Å². The molecule has 0 saturated carbocycles. The van der Waals surface area contributed by atoms with Crippen molar-refractivity contribution in [2.45, 2.75) is 18.9 Å². The van der Waals surface area contributed by atoms with E-state index in [-0.39, 0.29) is 0 Å². The van der Waals surface area contributed by atoms with Crippen LogP contribution in [0, 0.1) is 0 Å². The number of ether oxygens (including phenoxy) is 1. The van der Waals surface area contributed by atoms with Crippen molar-refractivity contribution in [3.8, 4) is 5.75 Å². The van der Waals surface area contributed by atoms with Crippen molar-refractivity contribution >= 4 is 26.8 Å². The first kappa shape index (κ1) is 13.0. The summed E-state index contributed by atoms with van der Waals surface area (Å²) in [6.45, 7) is 1.81. The maximum Gasteiger partial charge on any atom is 0.122 e. The van der Waals surface area contributed by atoms with Crippen molar-refractivity contribution in [3.63, 3.8) is 0 Å². The minimum Gasteiger partial charge on any atom is -0.493 e. The number of halogens is 1. The van der Waals surface area contributed by atoms with Crippen LogP contribution in [0.25, 0.3) is 10.9 Å². The number of rotatable bonds is 2. The summed E-state index contributed by atoms with van der Waals surface area (Å²) >= 11 is 3.63. The lowest BCUT2D eigenvalue weighted by Crippen LogP contribution is -2.18. The van der Waals surface area contributed by atoms with Gasteiger partial charge in [0.15, 0.2) is 0 Å².